The number of methoxy groups -OCH3 is 1. The number of amides is 1. The van der Waals surface area contributed by atoms with Crippen LogP contribution in [0.5, 0.6) is 11.5 Å². The summed E-state index contributed by atoms with van der Waals surface area (Å²) in [6, 6.07) is 16.2. The van der Waals surface area contributed by atoms with Crippen LogP contribution in [0.2, 0.25) is 5.02 Å². The minimum absolute atomic E-state index is 0. The Hall–Kier alpha value is -1.90. The van der Waals surface area contributed by atoms with Crippen LogP contribution in [-0.4, -0.2) is 37.1 Å². The third-order valence-electron chi connectivity index (χ3n) is 5.99. The van der Waals surface area contributed by atoms with Crippen molar-refractivity contribution in [3.63, 3.8) is 0 Å². The lowest BCUT2D eigenvalue weighted by molar-refractivity contribution is -0.116. The lowest BCUT2D eigenvalue weighted by atomic mass is 10.1. The maximum Gasteiger partial charge on any atom is 0.225 e. The first-order chi connectivity index (χ1) is 16.9. The average molecular weight is 568 g/mol. The summed E-state index contributed by atoms with van der Waals surface area (Å²) >= 11 is 9.63. The molecule has 0 saturated heterocycles. The fourth-order valence-electron chi connectivity index (χ4n) is 4.17. The van der Waals surface area contributed by atoms with Crippen LogP contribution in [-0.2, 0) is 11.3 Å². The summed E-state index contributed by atoms with van der Waals surface area (Å²) in [6.07, 6.45) is 0.902. The van der Waals surface area contributed by atoms with Crippen LogP contribution in [0.25, 0.3) is 0 Å². The highest BCUT2D eigenvalue weighted by Crippen LogP contribution is 2.54. The Kier molecular flexibility index (Phi) is 10.4. The van der Waals surface area contributed by atoms with Crippen LogP contribution in [0.15, 0.2) is 58.8 Å². The zero-order valence-corrected chi connectivity index (χ0v) is 24.1. The molecule has 5 nitrogen and oxygen atoms in total. The maximum absolute atomic E-state index is 12.7. The second kappa shape index (κ2) is 13.1. The van der Waals surface area contributed by atoms with Crippen molar-refractivity contribution < 1.29 is 14.3 Å². The van der Waals surface area contributed by atoms with Gasteiger partial charge in [0.05, 0.1) is 19.4 Å². The molecule has 36 heavy (non-hydrogen) atoms. The van der Waals surface area contributed by atoms with Gasteiger partial charge in [0.15, 0.2) is 0 Å². The molecule has 0 saturated carbocycles. The van der Waals surface area contributed by atoms with Crippen molar-refractivity contribution >= 4 is 58.7 Å². The van der Waals surface area contributed by atoms with E-state index in [0.717, 1.165) is 47.2 Å². The summed E-state index contributed by atoms with van der Waals surface area (Å²) in [7, 11) is 1.65. The number of nitrogens with zero attached hydrogens (tertiary/aromatic N) is 2. The van der Waals surface area contributed by atoms with E-state index >= 15 is 0 Å². The van der Waals surface area contributed by atoms with E-state index in [1.54, 1.807) is 42.0 Å². The van der Waals surface area contributed by atoms with E-state index in [0.29, 0.717) is 17.7 Å². The third-order valence-corrected chi connectivity index (χ3v) is 8.36. The number of carbonyl (C=O) groups excluding carboxylic acids is 1. The average Bonchev–Trinajstić information content (AvgIpc) is 3.48. The smallest absolute Gasteiger partial charge is 0.225 e. The van der Waals surface area contributed by atoms with Crippen molar-refractivity contribution in [2.75, 3.05) is 25.2 Å². The molecule has 2 aromatic carbocycles. The molecule has 1 aliphatic rings. The normalized spacial score (nSPS) is 14.6. The predicted molar refractivity (Wildman–Crippen MR) is 153 cm³/mol. The molecule has 0 fully saturated rings. The van der Waals surface area contributed by atoms with Crippen LogP contribution in [0.4, 0.5) is 5.69 Å². The molecular formula is C27H32Cl2N2O3S2. The molecule has 0 radical (unpaired) electrons. The van der Waals surface area contributed by atoms with Gasteiger partial charge in [-0.15, -0.1) is 23.7 Å². The molecule has 9 heteroatoms. The highest BCUT2D eigenvalue weighted by Gasteiger charge is 2.36. The highest BCUT2D eigenvalue weighted by atomic mass is 35.5. The molecule has 1 aliphatic heterocycles. The molecular weight excluding hydrogens is 535 g/mol. The number of fused-ring (bicyclic) bond motifs is 1. The van der Waals surface area contributed by atoms with Crippen LogP contribution in [0, 0.1) is 0 Å². The van der Waals surface area contributed by atoms with E-state index in [-0.39, 0.29) is 23.7 Å². The first-order valence-electron chi connectivity index (χ1n) is 11.7. The largest absolute Gasteiger partial charge is 0.497 e. The van der Waals surface area contributed by atoms with Crippen molar-refractivity contribution in [2.45, 2.75) is 50.0 Å². The Bertz CT molecular complexity index is 1160. The Morgan fingerprint density at radius 1 is 1.19 bits per heavy atom. The predicted octanol–water partition coefficient (Wildman–Crippen LogP) is 7.67. The van der Waals surface area contributed by atoms with Gasteiger partial charge >= 0.3 is 0 Å². The summed E-state index contributed by atoms with van der Waals surface area (Å²) in [5, 5.41) is 2.52. The van der Waals surface area contributed by atoms with Gasteiger partial charge in [0.2, 0.25) is 5.91 Å². The molecule has 1 unspecified atom stereocenters. The highest BCUT2D eigenvalue weighted by molar-refractivity contribution is 8.00. The summed E-state index contributed by atoms with van der Waals surface area (Å²) in [6.45, 7) is 8.54. The summed E-state index contributed by atoms with van der Waals surface area (Å²) in [5.74, 6) is 1.47. The number of thioether (sulfide) groups is 1. The Labute approximate surface area is 233 Å². The van der Waals surface area contributed by atoms with Crippen molar-refractivity contribution in [1.82, 2.24) is 4.90 Å². The maximum atomic E-state index is 12.7. The van der Waals surface area contributed by atoms with Gasteiger partial charge in [-0.3, -0.25) is 14.6 Å². The minimum Gasteiger partial charge on any atom is -0.497 e. The molecule has 194 valence electrons. The first kappa shape index (κ1) is 28.7. The fourth-order valence-corrected chi connectivity index (χ4v) is 6.54. The van der Waals surface area contributed by atoms with E-state index in [9.17, 15) is 4.79 Å². The number of halogens is 2. The van der Waals surface area contributed by atoms with Crippen molar-refractivity contribution in [3.8, 4) is 11.5 Å². The Morgan fingerprint density at radius 3 is 2.67 bits per heavy atom. The van der Waals surface area contributed by atoms with Gasteiger partial charge in [-0.25, -0.2) is 0 Å². The quantitative estimate of drug-likeness (QED) is 0.235. The van der Waals surface area contributed by atoms with Gasteiger partial charge in [0.1, 0.15) is 16.9 Å². The Morgan fingerprint density at radius 2 is 2.00 bits per heavy atom. The molecule has 0 bridgehead atoms. The second-order valence-corrected chi connectivity index (χ2v) is 11.3. The molecule has 1 atom stereocenters. The monoisotopic (exact) mass is 566 g/mol. The lowest BCUT2D eigenvalue weighted by Gasteiger charge is -2.27. The molecule has 0 N–H and O–H groups in total. The lowest BCUT2D eigenvalue weighted by Crippen LogP contribution is -2.32. The van der Waals surface area contributed by atoms with E-state index in [2.05, 4.69) is 36.3 Å². The fraction of sp³-hybridized carbons (Fsp3) is 0.370. The number of ether oxygens (including phenoxy) is 2. The SMILES string of the molecule is COc1ccc(OCCCN(Cc2cccs2)C(C)C)c(C2Sc3cc(Cl)ccc3N2C(C)=O)c1.Cl. The van der Waals surface area contributed by atoms with Gasteiger partial charge < -0.3 is 9.47 Å². The number of anilines is 1. The molecule has 1 amide bonds. The number of rotatable bonds is 10. The second-order valence-electron chi connectivity index (χ2n) is 8.72. The molecule has 1 aromatic heterocycles. The van der Waals surface area contributed by atoms with E-state index in [1.165, 1.54) is 4.88 Å². The summed E-state index contributed by atoms with van der Waals surface area (Å²) in [5.41, 5.74) is 1.78. The summed E-state index contributed by atoms with van der Waals surface area (Å²) < 4.78 is 11.8. The zero-order valence-electron chi connectivity index (χ0n) is 20.9. The van der Waals surface area contributed by atoms with Crippen LogP contribution >= 0.6 is 47.1 Å². The van der Waals surface area contributed by atoms with Crippen molar-refractivity contribution in [2.24, 2.45) is 0 Å². The minimum atomic E-state index is -0.253. The van der Waals surface area contributed by atoms with Gasteiger partial charge in [0, 0.05) is 46.4 Å². The summed E-state index contributed by atoms with van der Waals surface area (Å²) in [4.78, 5) is 19.3. The number of hydrogen-bond donors (Lipinski definition) is 0. The van der Waals surface area contributed by atoms with Crippen LogP contribution in [0.3, 0.4) is 0 Å². The molecule has 0 spiro atoms. The van der Waals surface area contributed by atoms with Crippen molar-refractivity contribution in [3.05, 3.63) is 69.4 Å². The number of hydrogen-bond acceptors (Lipinski definition) is 6. The number of thiophene rings is 1. The van der Waals surface area contributed by atoms with Gasteiger partial charge in [0.25, 0.3) is 0 Å². The number of carbonyl (C=O) groups is 1. The van der Waals surface area contributed by atoms with Gasteiger partial charge in [-0.05, 0) is 68.1 Å². The van der Waals surface area contributed by atoms with E-state index in [1.807, 2.05) is 36.4 Å². The van der Waals surface area contributed by atoms with Gasteiger partial charge in [-0.1, -0.05) is 29.4 Å². The van der Waals surface area contributed by atoms with E-state index in [4.69, 9.17) is 21.1 Å². The molecule has 0 aliphatic carbocycles. The topological polar surface area (TPSA) is 42.0 Å². The molecule has 4 rings (SSSR count). The zero-order chi connectivity index (χ0) is 24.9. The van der Waals surface area contributed by atoms with Crippen molar-refractivity contribution in [1.29, 1.82) is 0 Å². The Balaban J connectivity index is 0.00000361. The first-order valence-corrected chi connectivity index (χ1v) is 13.8. The third kappa shape index (κ3) is 6.69. The van der Waals surface area contributed by atoms with Crippen LogP contribution < -0.4 is 14.4 Å². The number of benzene rings is 2. The van der Waals surface area contributed by atoms with Gasteiger partial charge in [-0.2, -0.15) is 0 Å². The molecule has 3 aromatic rings. The van der Waals surface area contributed by atoms with E-state index < -0.39 is 0 Å². The molecule has 2 heterocycles. The standard InChI is InChI=1S/C27H31ClN2O3S2.ClH/c1-18(2)29(17-22-7-5-14-34-22)12-6-13-33-25-11-9-21(32-4)16-23(25)27-30(19(3)31)24-10-8-20(28)15-26(24)35-27;/h5,7-11,14-16,18,27H,6,12-13,17H2,1-4H3;1H. The van der Waals surface area contributed by atoms with Crippen LogP contribution in [0.1, 0.15) is 43.0 Å².